The van der Waals surface area contributed by atoms with Crippen molar-refractivity contribution in [3.8, 4) is 0 Å². The predicted octanol–water partition coefficient (Wildman–Crippen LogP) is 2.60. The Labute approximate surface area is 162 Å². The van der Waals surface area contributed by atoms with Crippen LogP contribution in [0.25, 0.3) is 0 Å². The number of sulfonamides is 1. The molecule has 1 amide bonds. The van der Waals surface area contributed by atoms with E-state index in [4.69, 9.17) is 16.3 Å². The van der Waals surface area contributed by atoms with Crippen molar-refractivity contribution in [2.24, 2.45) is 0 Å². The predicted molar refractivity (Wildman–Crippen MR) is 102 cm³/mol. The number of nitrogens with one attached hydrogen (secondary N) is 2. The molecular formula is C18H17ClN2O5S. The normalized spacial score (nSPS) is 10.9. The lowest BCUT2D eigenvalue weighted by atomic mass is 10.2. The van der Waals surface area contributed by atoms with Gasteiger partial charge in [-0.3, -0.25) is 4.79 Å². The molecule has 2 aromatic carbocycles. The van der Waals surface area contributed by atoms with E-state index >= 15 is 0 Å². The molecule has 0 saturated heterocycles. The van der Waals surface area contributed by atoms with Gasteiger partial charge in [-0.1, -0.05) is 23.7 Å². The fourth-order valence-electron chi connectivity index (χ4n) is 1.99. The monoisotopic (exact) mass is 408 g/mol. The molecule has 2 rings (SSSR count). The minimum Gasteiger partial charge on any atom is -0.452 e. The van der Waals surface area contributed by atoms with Gasteiger partial charge in [0, 0.05) is 17.3 Å². The van der Waals surface area contributed by atoms with Crippen LogP contribution in [0.4, 0.5) is 5.69 Å². The molecule has 0 aliphatic carbocycles. The molecule has 0 saturated carbocycles. The van der Waals surface area contributed by atoms with Gasteiger partial charge in [0.15, 0.2) is 6.61 Å². The number of halogens is 1. The van der Waals surface area contributed by atoms with Crippen LogP contribution in [-0.2, 0) is 19.6 Å². The van der Waals surface area contributed by atoms with E-state index in [1.807, 2.05) is 0 Å². The SMILES string of the molecule is C=CCNS(=O)(=O)c1cccc(C(=O)OCC(=O)Nc2ccc(Cl)cc2)c1. The van der Waals surface area contributed by atoms with Crippen LogP contribution in [-0.4, -0.2) is 33.4 Å². The minimum absolute atomic E-state index is 0.00997. The van der Waals surface area contributed by atoms with E-state index in [0.29, 0.717) is 10.7 Å². The van der Waals surface area contributed by atoms with Crippen molar-refractivity contribution >= 4 is 39.2 Å². The fourth-order valence-corrected chi connectivity index (χ4v) is 3.16. The van der Waals surface area contributed by atoms with E-state index in [-0.39, 0.29) is 17.0 Å². The Morgan fingerprint density at radius 3 is 2.52 bits per heavy atom. The van der Waals surface area contributed by atoms with Gasteiger partial charge < -0.3 is 10.1 Å². The van der Waals surface area contributed by atoms with Crippen molar-refractivity contribution in [2.45, 2.75) is 4.90 Å². The number of carbonyl (C=O) groups is 2. The molecule has 0 fully saturated rings. The van der Waals surface area contributed by atoms with Crippen LogP contribution in [0.2, 0.25) is 5.02 Å². The van der Waals surface area contributed by atoms with Gasteiger partial charge >= 0.3 is 5.97 Å². The number of esters is 1. The Balaban J connectivity index is 1.97. The Bertz CT molecular complexity index is 942. The molecule has 0 aliphatic heterocycles. The van der Waals surface area contributed by atoms with Crippen molar-refractivity contribution in [3.05, 3.63) is 71.8 Å². The summed E-state index contributed by atoms with van der Waals surface area (Å²) in [5.41, 5.74) is 0.512. The van der Waals surface area contributed by atoms with Gasteiger partial charge in [-0.2, -0.15) is 0 Å². The molecule has 2 aromatic rings. The Morgan fingerprint density at radius 1 is 1.15 bits per heavy atom. The number of ether oxygens (including phenoxy) is 1. The number of amides is 1. The number of benzene rings is 2. The lowest BCUT2D eigenvalue weighted by Crippen LogP contribution is -2.24. The number of anilines is 1. The maximum Gasteiger partial charge on any atom is 0.338 e. The molecule has 2 N–H and O–H groups in total. The van der Waals surface area contributed by atoms with Crippen molar-refractivity contribution in [1.29, 1.82) is 0 Å². The van der Waals surface area contributed by atoms with Gasteiger partial charge in [0.1, 0.15) is 0 Å². The van der Waals surface area contributed by atoms with Gasteiger partial charge in [-0.25, -0.2) is 17.9 Å². The van der Waals surface area contributed by atoms with E-state index in [2.05, 4.69) is 16.6 Å². The van der Waals surface area contributed by atoms with Crippen LogP contribution in [0, 0.1) is 0 Å². The van der Waals surface area contributed by atoms with Crippen molar-refractivity contribution in [2.75, 3.05) is 18.5 Å². The Hall–Kier alpha value is -2.68. The molecular weight excluding hydrogens is 392 g/mol. The third-order valence-electron chi connectivity index (χ3n) is 3.26. The van der Waals surface area contributed by atoms with Crippen LogP contribution in [0.1, 0.15) is 10.4 Å². The molecule has 0 atom stereocenters. The molecule has 0 bridgehead atoms. The summed E-state index contributed by atoms with van der Waals surface area (Å²) < 4.78 is 31.4. The summed E-state index contributed by atoms with van der Waals surface area (Å²) in [6, 6.07) is 11.7. The molecule has 27 heavy (non-hydrogen) atoms. The standard InChI is InChI=1S/C18H17ClN2O5S/c1-2-10-20-27(24,25)16-5-3-4-13(11-16)18(23)26-12-17(22)21-15-8-6-14(19)7-9-15/h2-9,11,20H,1,10,12H2,(H,21,22). The van der Waals surface area contributed by atoms with Crippen LogP contribution >= 0.6 is 11.6 Å². The molecule has 0 radical (unpaired) electrons. The highest BCUT2D eigenvalue weighted by Gasteiger charge is 2.17. The summed E-state index contributed by atoms with van der Waals surface area (Å²) in [4.78, 5) is 23.8. The van der Waals surface area contributed by atoms with Crippen LogP contribution in [0.3, 0.4) is 0 Å². The second kappa shape index (κ2) is 9.31. The van der Waals surface area contributed by atoms with E-state index < -0.39 is 28.5 Å². The third kappa shape index (κ3) is 6.21. The van der Waals surface area contributed by atoms with E-state index in [0.717, 1.165) is 0 Å². The smallest absolute Gasteiger partial charge is 0.338 e. The first-order valence-corrected chi connectivity index (χ1v) is 9.61. The summed E-state index contributed by atoms with van der Waals surface area (Å²) in [7, 11) is -3.77. The zero-order valence-corrected chi connectivity index (χ0v) is 15.7. The lowest BCUT2D eigenvalue weighted by molar-refractivity contribution is -0.119. The largest absolute Gasteiger partial charge is 0.452 e. The first-order chi connectivity index (χ1) is 12.8. The maximum absolute atomic E-state index is 12.1. The molecule has 0 aliphatic rings. The van der Waals surface area contributed by atoms with Crippen LogP contribution in [0.15, 0.2) is 66.1 Å². The summed E-state index contributed by atoms with van der Waals surface area (Å²) in [5, 5.41) is 3.07. The molecule has 9 heteroatoms. The molecule has 0 spiro atoms. The third-order valence-corrected chi connectivity index (χ3v) is 4.93. The van der Waals surface area contributed by atoms with Gasteiger partial charge in [0.25, 0.3) is 5.91 Å². The van der Waals surface area contributed by atoms with Gasteiger partial charge in [-0.05, 0) is 42.5 Å². The van der Waals surface area contributed by atoms with Crippen LogP contribution < -0.4 is 10.0 Å². The van der Waals surface area contributed by atoms with E-state index in [9.17, 15) is 18.0 Å². The topological polar surface area (TPSA) is 102 Å². The van der Waals surface area contributed by atoms with Crippen molar-refractivity contribution < 1.29 is 22.7 Å². The van der Waals surface area contributed by atoms with Gasteiger partial charge in [0.2, 0.25) is 10.0 Å². The number of rotatable bonds is 8. The summed E-state index contributed by atoms with van der Waals surface area (Å²) >= 11 is 5.76. The zero-order valence-electron chi connectivity index (χ0n) is 14.1. The highest BCUT2D eigenvalue weighted by atomic mass is 35.5. The van der Waals surface area contributed by atoms with E-state index in [1.165, 1.54) is 30.3 Å². The quantitative estimate of drug-likeness (QED) is 0.516. The fraction of sp³-hybridized carbons (Fsp3) is 0.111. The zero-order chi connectivity index (χ0) is 19.9. The second-order valence-corrected chi connectivity index (χ2v) is 7.50. The highest BCUT2D eigenvalue weighted by Crippen LogP contribution is 2.14. The van der Waals surface area contributed by atoms with Crippen molar-refractivity contribution in [1.82, 2.24) is 4.72 Å². The molecule has 0 aromatic heterocycles. The Morgan fingerprint density at radius 2 is 1.85 bits per heavy atom. The first-order valence-electron chi connectivity index (χ1n) is 7.75. The van der Waals surface area contributed by atoms with Gasteiger partial charge in [-0.15, -0.1) is 6.58 Å². The summed E-state index contributed by atoms with van der Waals surface area (Å²) in [6.07, 6.45) is 1.40. The highest BCUT2D eigenvalue weighted by molar-refractivity contribution is 7.89. The maximum atomic E-state index is 12.1. The van der Waals surface area contributed by atoms with Crippen molar-refractivity contribution in [3.63, 3.8) is 0 Å². The summed E-state index contributed by atoms with van der Waals surface area (Å²) in [6.45, 7) is 2.97. The van der Waals surface area contributed by atoms with Gasteiger partial charge in [0.05, 0.1) is 10.5 Å². The number of carbonyl (C=O) groups excluding carboxylic acids is 2. The summed E-state index contributed by atoms with van der Waals surface area (Å²) in [5.74, 6) is -1.36. The average Bonchev–Trinajstić information content (AvgIpc) is 2.66. The average molecular weight is 409 g/mol. The molecule has 0 heterocycles. The van der Waals surface area contributed by atoms with Crippen LogP contribution in [0.5, 0.6) is 0 Å². The first kappa shape index (κ1) is 20.6. The lowest BCUT2D eigenvalue weighted by Gasteiger charge is -2.08. The number of hydrogen-bond acceptors (Lipinski definition) is 5. The van der Waals surface area contributed by atoms with E-state index in [1.54, 1.807) is 24.3 Å². The minimum atomic E-state index is -3.77. The second-order valence-electron chi connectivity index (χ2n) is 5.30. The molecule has 7 nitrogen and oxygen atoms in total. The Kier molecular flexibility index (Phi) is 7.12. The number of hydrogen-bond donors (Lipinski definition) is 2. The molecule has 142 valence electrons. The molecule has 0 unspecified atom stereocenters.